The lowest BCUT2D eigenvalue weighted by atomic mass is 10.2. The molecule has 4 heteroatoms. The first-order valence-corrected chi connectivity index (χ1v) is 7.27. The van der Waals surface area contributed by atoms with Gasteiger partial charge in [0.15, 0.2) is 0 Å². The molecule has 1 aromatic heterocycles. The largest absolute Gasteiger partial charge is 0.329 e. The van der Waals surface area contributed by atoms with Gasteiger partial charge in [0, 0.05) is 24.8 Å². The van der Waals surface area contributed by atoms with Crippen LogP contribution in [0.4, 0.5) is 15.9 Å². The Balaban J connectivity index is 2.26. The number of aromatic nitrogens is 1. The number of nitrogens with zero attached hydrogens (tertiary/aromatic N) is 2. The van der Waals surface area contributed by atoms with Gasteiger partial charge in [0.25, 0.3) is 0 Å². The summed E-state index contributed by atoms with van der Waals surface area (Å²) < 4.78 is 13.5. The molecule has 1 aromatic carbocycles. The fraction of sp³-hybridized carbons (Fsp3) is 0.353. The van der Waals surface area contributed by atoms with E-state index in [1.165, 1.54) is 11.8 Å². The third kappa shape index (κ3) is 4.02. The minimum Gasteiger partial charge on any atom is -0.329 e. The fourth-order valence-corrected chi connectivity index (χ4v) is 2.20. The zero-order valence-corrected chi connectivity index (χ0v) is 12.9. The van der Waals surface area contributed by atoms with Crippen molar-refractivity contribution in [2.45, 2.75) is 26.8 Å². The Kier molecular flexibility index (Phi) is 5.28. The summed E-state index contributed by atoms with van der Waals surface area (Å²) in [6.07, 6.45) is 2.31. The second-order valence-corrected chi connectivity index (χ2v) is 5.21. The lowest BCUT2D eigenvalue weighted by Crippen LogP contribution is -2.19. The standard InChI is InChI=1S/C17H22FN3/c1-4-9-19-11-14-10-15(18)12-20-17(14)21(3)16-7-5-13(2)6-8-16/h5-8,10,12,19H,4,9,11H2,1-3H3. The SMILES string of the molecule is CCCNCc1cc(F)cnc1N(C)c1ccc(C)cc1. The molecule has 0 radical (unpaired) electrons. The normalized spacial score (nSPS) is 10.7. The maximum absolute atomic E-state index is 13.5. The van der Waals surface area contributed by atoms with Crippen LogP contribution in [-0.4, -0.2) is 18.6 Å². The van der Waals surface area contributed by atoms with Gasteiger partial charge >= 0.3 is 0 Å². The Bertz CT molecular complexity index is 581. The van der Waals surface area contributed by atoms with Gasteiger partial charge in [-0.15, -0.1) is 0 Å². The van der Waals surface area contributed by atoms with E-state index >= 15 is 0 Å². The Morgan fingerprint density at radius 2 is 1.95 bits per heavy atom. The van der Waals surface area contributed by atoms with Crippen LogP contribution in [0.5, 0.6) is 0 Å². The van der Waals surface area contributed by atoms with Crippen LogP contribution in [0.1, 0.15) is 24.5 Å². The monoisotopic (exact) mass is 287 g/mol. The molecular weight excluding hydrogens is 265 g/mol. The third-order valence-electron chi connectivity index (χ3n) is 3.39. The first-order valence-electron chi connectivity index (χ1n) is 7.27. The van der Waals surface area contributed by atoms with Gasteiger partial charge in [0.1, 0.15) is 11.6 Å². The van der Waals surface area contributed by atoms with Crippen LogP contribution < -0.4 is 10.2 Å². The Hall–Kier alpha value is -1.94. The van der Waals surface area contributed by atoms with Crippen molar-refractivity contribution in [1.82, 2.24) is 10.3 Å². The van der Waals surface area contributed by atoms with Crippen molar-refractivity contribution in [3.05, 3.63) is 53.5 Å². The topological polar surface area (TPSA) is 28.2 Å². The molecule has 2 aromatic rings. The fourth-order valence-electron chi connectivity index (χ4n) is 2.20. The van der Waals surface area contributed by atoms with Gasteiger partial charge in [-0.2, -0.15) is 0 Å². The highest BCUT2D eigenvalue weighted by atomic mass is 19.1. The van der Waals surface area contributed by atoms with E-state index in [4.69, 9.17) is 0 Å². The molecule has 21 heavy (non-hydrogen) atoms. The van der Waals surface area contributed by atoms with Crippen molar-refractivity contribution >= 4 is 11.5 Å². The first-order chi connectivity index (χ1) is 10.1. The van der Waals surface area contributed by atoms with E-state index in [-0.39, 0.29) is 5.82 Å². The summed E-state index contributed by atoms with van der Waals surface area (Å²) in [4.78, 5) is 6.25. The zero-order valence-electron chi connectivity index (χ0n) is 12.9. The van der Waals surface area contributed by atoms with Crippen molar-refractivity contribution in [3.8, 4) is 0 Å². The van der Waals surface area contributed by atoms with Gasteiger partial charge in [-0.25, -0.2) is 9.37 Å². The van der Waals surface area contributed by atoms with Crippen molar-refractivity contribution in [1.29, 1.82) is 0 Å². The lowest BCUT2D eigenvalue weighted by Gasteiger charge is -2.21. The summed E-state index contributed by atoms with van der Waals surface area (Å²) in [7, 11) is 1.95. The molecular formula is C17H22FN3. The van der Waals surface area contributed by atoms with E-state index in [0.29, 0.717) is 6.54 Å². The molecule has 0 fully saturated rings. The van der Waals surface area contributed by atoms with Crippen LogP contribution in [0, 0.1) is 12.7 Å². The van der Waals surface area contributed by atoms with E-state index in [0.717, 1.165) is 30.0 Å². The number of rotatable bonds is 6. The van der Waals surface area contributed by atoms with Crippen molar-refractivity contribution in [2.75, 3.05) is 18.5 Å². The average molecular weight is 287 g/mol. The third-order valence-corrected chi connectivity index (χ3v) is 3.39. The number of hydrogen-bond donors (Lipinski definition) is 1. The molecule has 3 nitrogen and oxygen atoms in total. The van der Waals surface area contributed by atoms with Gasteiger partial charge in [-0.3, -0.25) is 0 Å². The van der Waals surface area contributed by atoms with Crippen LogP contribution in [0.2, 0.25) is 0 Å². The van der Waals surface area contributed by atoms with Crippen molar-refractivity contribution in [3.63, 3.8) is 0 Å². The van der Waals surface area contributed by atoms with Gasteiger partial charge < -0.3 is 10.2 Å². The number of pyridine rings is 1. The second kappa shape index (κ2) is 7.18. The molecule has 112 valence electrons. The molecule has 0 saturated carbocycles. The predicted molar refractivity (Wildman–Crippen MR) is 85.4 cm³/mol. The summed E-state index contributed by atoms with van der Waals surface area (Å²) in [5.74, 6) is 0.480. The Morgan fingerprint density at radius 1 is 1.24 bits per heavy atom. The quantitative estimate of drug-likeness (QED) is 0.819. The van der Waals surface area contributed by atoms with Gasteiger partial charge in [0.2, 0.25) is 0 Å². The number of benzene rings is 1. The summed E-state index contributed by atoms with van der Waals surface area (Å²) >= 11 is 0. The summed E-state index contributed by atoms with van der Waals surface area (Å²) in [5, 5.41) is 3.30. The molecule has 0 saturated heterocycles. The van der Waals surface area contributed by atoms with E-state index < -0.39 is 0 Å². The number of anilines is 2. The van der Waals surface area contributed by atoms with E-state index in [2.05, 4.69) is 36.3 Å². The van der Waals surface area contributed by atoms with Crippen LogP contribution in [0.15, 0.2) is 36.5 Å². The van der Waals surface area contributed by atoms with E-state index in [1.54, 1.807) is 6.07 Å². The summed E-state index contributed by atoms with van der Waals surface area (Å²) in [6, 6.07) is 9.76. The van der Waals surface area contributed by atoms with Crippen molar-refractivity contribution < 1.29 is 4.39 Å². The summed E-state index contributed by atoms with van der Waals surface area (Å²) in [5.41, 5.74) is 3.12. The molecule has 1 heterocycles. The number of halogens is 1. The Morgan fingerprint density at radius 3 is 2.62 bits per heavy atom. The minimum atomic E-state index is -0.302. The molecule has 1 N–H and O–H groups in total. The van der Waals surface area contributed by atoms with Crippen LogP contribution in [0.3, 0.4) is 0 Å². The lowest BCUT2D eigenvalue weighted by molar-refractivity contribution is 0.611. The molecule has 0 atom stereocenters. The predicted octanol–water partition coefficient (Wildman–Crippen LogP) is 3.80. The minimum absolute atomic E-state index is 0.302. The van der Waals surface area contributed by atoms with Gasteiger partial charge in [-0.05, 0) is 38.1 Å². The van der Waals surface area contributed by atoms with Crippen LogP contribution in [0.25, 0.3) is 0 Å². The Labute approximate surface area is 125 Å². The molecule has 0 aliphatic carbocycles. The maximum Gasteiger partial charge on any atom is 0.141 e. The maximum atomic E-state index is 13.5. The molecule has 0 unspecified atom stereocenters. The van der Waals surface area contributed by atoms with Gasteiger partial charge in [-0.1, -0.05) is 24.6 Å². The smallest absolute Gasteiger partial charge is 0.141 e. The number of nitrogens with one attached hydrogen (secondary N) is 1. The zero-order chi connectivity index (χ0) is 15.2. The molecule has 0 spiro atoms. The second-order valence-electron chi connectivity index (χ2n) is 5.21. The number of aryl methyl sites for hydroxylation is 1. The summed E-state index contributed by atoms with van der Waals surface area (Å²) in [6.45, 7) is 5.69. The van der Waals surface area contributed by atoms with Crippen molar-refractivity contribution in [2.24, 2.45) is 0 Å². The first kappa shape index (κ1) is 15.4. The van der Waals surface area contributed by atoms with E-state index in [9.17, 15) is 4.39 Å². The molecule has 0 aliphatic rings. The van der Waals surface area contributed by atoms with Crippen LogP contribution >= 0.6 is 0 Å². The molecule has 0 aliphatic heterocycles. The molecule has 2 rings (SSSR count). The van der Waals surface area contributed by atoms with E-state index in [1.807, 2.05) is 24.1 Å². The average Bonchev–Trinajstić information content (AvgIpc) is 2.48. The highest BCUT2D eigenvalue weighted by molar-refractivity contribution is 5.62. The highest BCUT2D eigenvalue weighted by Gasteiger charge is 2.12. The van der Waals surface area contributed by atoms with Gasteiger partial charge in [0.05, 0.1) is 6.20 Å². The molecule has 0 amide bonds. The highest BCUT2D eigenvalue weighted by Crippen LogP contribution is 2.25. The van der Waals surface area contributed by atoms with Crippen LogP contribution in [-0.2, 0) is 6.54 Å². The number of hydrogen-bond acceptors (Lipinski definition) is 3. The molecule has 0 bridgehead atoms.